The van der Waals surface area contributed by atoms with Crippen LogP contribution in [0, 0.1) is 0 Å². The van der Waals surface area contributed by atoms with E-state index >= 15 is 0 Å². The topological polar surface area (TPSA) is 60.5 Å². The van der Waals surface area contributed by atoms with Crippen molar-refractivity contribution in [3.8, 4) is 22.1 Å². The summed E-state index contributed by atoms with van der Waals surface area (Å²) in [5.74, 6) is -0.0140. The number of amides is 1. The lowest BCUT2D eigenvalue weighted by Crippen LogP contribution is -2.26. The third-order valence-corrected chi connectivity index (χ3v) is 5.91. The highest BCUT2D eigenvalue weighted by atomic mass is 32.1. The number of nitrogens with zero attached hydrogens (tertiary/aromatic N) is 1. The first-order valence-electron chi connectivity index (χ1n) is 9.90. The molecule has 0 aliphatic carbocycles. The molecule has 8 heteroatoms. The lowest BCUT2D eigenvalue weighted by molar-refractivity contribution is -0.0512. The minimum atomic E-state index is -2.93. The Bertz CT molecular complexity index is 1210. The Kier molecular flexibility index (Phi) is 6.61. The van der Waals surface area contributed by atoms with Crippen molar-refractivity contribution < 1.29 is 23.0 Å². The van der Waals surface area contributed by atoms with Crippen LogP contribution < -0.4 is 14.8 Å². The highest BCUT2D eigenvalue weighted by molar-refractivity contribution is 7.21. The average molecular weight is 454 g/mol. The summed E-state index contributed by atoms with van der Waals surface area (Å²) in [6, 6.07) is 19.9. The molecule has 5 nitrogen and oxygen atoms in total. The number of fused-ring (bicyclic) bond motifs is 1. The number of para-hydroxylation sites is 1. The van der Waals surface area contributed by atoms with Crippen molar-refractivity contribution in [2.45, 2.75) is 13.0 Å². The van der Waals surface area contributed by atoms with E-state index in [1.165, 1.54) is 13.2 Å². The largest absolute Gasteiger partial charge is 0.493 e. The normalized spacial score (nSPS) is 11.0. The molecule has 0 saturated heterocycles. The van der Waals surface area contributed by atoms with Gasteiger partial charge in [0.05, 0.1) is 17.3 Å². The van der Waals surface area contributed by atoms with Crippen molar-refractivity contribution in [2.75, 3.05) is 13.7 Å². The first-order chi connectivity index (χ1) is 15.5. The Hall–Kier alpha value is -3.52. The van der Waals surface area contributed by atoms with E-state index in [2.05, 4.69) is 15.0 Å². The molecule has 32 heavy (non-hydrogen) atoms. The Morgan fingerprint density at radius 1 is 1.06 bits per heavy atom. The van der Waals surface area contributed by atoms with Gasteiger partial charge in [-0.15, -0.1) is 11.3 Å². The molecule has 1 N–H and O–H groups in total. The van der Waals surface area contributed by atoms with Crippen LogP contribution in [0.1, 0.15) is 15.9 Å². The minimum absolute atomic E-state index is 0.0277. The number of halogens is 2. The van der Waals surface area contributed by atoms with Crippen molar-refractivity contribution in [1.29, 1.82) is 0 Å². The van der Waals surface area contributed by atoms with E-state index in [1.807, 2.05) is 42.5 Å². The fourth-order valence-electron chi connectivity index (χ4n) is 3.33. The smallest absolute Gasteiger partial charge is 0.387 e. The van der Waals surface area contributed by atoms with Gasteiger partial charge in [-0.25, -0.2) is 4.98 Å². The highest BCUT2D eigenvalue weighted by Gasteiger charge is 2.16. The van der Waals surface area contributed by atoms with Gasteiger partial charge in [-0.2, -0.15) is 8.78 Å². The van der Waals surface area contributed by atoms with Gasteiger partial charge in [0, 0.05) is 17.7 Å². The summed E-state index contributed by atoms with van der Waals surface area (Å²) < 4.78 is 35.6. The van der Waals surface area contributed by atoms with Gasteiger partial charge in [-0.05, 0) is 42.3 Å². The lowest BCUT2D eigenvalue weighted by atomic mass is 10.1. The van der Waals surface area contributed by atoms with Gasteiger partial charge in [0.15, 0.2) is 11.5 Å². The number of aromatic nitrogens is 1. The lowest BCUT2D eigenvalue weighted by Gasteiger charge is -2.12. The number of benzene rings is 3. The maximum atomic E-state index is 12.9. The number of hydrogen-bond donors (Lipinski definition) is 1. The van der Waals surface area contributed by atoms with Gasteiger partial charge in [0.2, 0.25) is 0 Å². The van der Waals surface area contributed by atoms with Crippen LogP contribution in [-0.4, -0.2) is 31.2 Å². The molecule has 0 unspecified atom stereocenters. The summed E-state index contributed by atoms with van der Waals surface area (Å²) in [4.78, 5) is 17.5. The number of rotatable bonds is 8. The standard InChI is InChI=1S/C24H20F2N2O3S/c1-30-20-14-15(10-11-19(20)31-24(25)26)12-13-27-22(29)16-6-2-3-7-17(16)23-28-18-8-4-5-9-21(18)32-23/h2-11,14,24H,12-13H2,1H3,(H,27,29). The second kappa shape index (κ2) is 9.74. The van der Waals surface area contributed by atoms with E-state index in [0.29, 0.717) is 18.5 Å². The average Bonchev–Trinajstić information content (AvgIpc) is 3.23. The van der Waals surface area contributed by atoms with Gasteiger partial charge >= 0.3 is 6.61 Å². The van der Waals surface area contributed by atoms with Crippen LogP contribution in [0.3, 0.4) is 0 Å². The van der Waals surface area contributed by atoms with E-state index in [-0.39, 0.29) is 17.4 Å². The monoisotopic (exact) mass is 454 g/mol. The molecule has 1 aromatic heterocycles. The van der Waals surface area contributed by atoms with Gasteiger partial charge in [0.25, 0.3) is 5.91 Å². The molecule has 1 heterocycles. The number of methoxy groups -OCH3 is 1. The summed E-state index contributed by atoms with van der Waals surface area (Å²) in [7, 11) is 1.39. The molecule has 0 bridgehead atoms. The molecule has 4 rings (SSSR count). The Morgan fingerprint density at radius 2 is 1.84 bits per heavy atom. The predicted octanol–water partition coefficient (Wildman–Crippen LogP) is 5.55. The molecule has 0 radical (unpaired) electrons. The second-order valence-corrected chi connectivity index (χ2v) is 7.93. The number of hydrogen-bond acceptors (Lipinski definition) is 5. The number of nitrogens with one attached hydrogen (secondary N) is 1. The third kappa shape index (κ3) is 4.86. The van der Waals surface area contributed by atoms with E-state index in [4.69, 9.17) is 4.74 Å². The van der Waals surface area contributed by atoms with Crippen LogP contribution in [0.25, 0.3) is 20.8 Å². The SMILES string of the molecule is COc1cc(CCNC(=O)c2ccccc2-c2nc3ccccc3s2)ccc1OC(F)F. The Balaban J connectivity index is 1.45. The van der Waals surface area contributed by atoms with Crippen molar-refractivity contribution in [3.05, 3.63) is 77.9 Å². The summed E-state index contributed by atoms with van der Waals surface area (Å²) in [5, 5.41) is 3.71. The third-order valence-electron chi connectivity index (χ3n) is 4.84. The quantitative estimate of drug-likeness (QED) is 0.379. The number of carbonyl (C=O) groups is 1. The van der Waals surface area contributed by atoms with Crippen LogP contribution >= 0.6 is 11.3 Å². The summed E-state index contributed by atoms with van der Waals surface area (Å²) in [6.45, 7) is -2.56. The Labute approximate surface area is 187 Å². The van der Waals surface area contributed by atoms with Crippen LogP contribution in [0.15, 0.2) is 66.7 Å². The summed E-state index contributed by atoms with van der Waals surface area (Å²) >= 11 is 1.54. The zero-order chi connectivity index (χ0) is 22.5. The number of thiazole rings is 1. The van der Waals surface area contributed by atoms with E-state index < -0.39 is 6.61 Å². The van der Waals surface area contributed by atoms with Gasteiger partial charge in [-0.3, -0.25) is 4.79 Å². The zero-order valence-corrected chi connectivity index (χ0v) is 18.0. The summed E-state index contributed by atoms with van der Waals surface area (Å²) in [5.41, 5.74) is 3.05. The van der Waals surface area contributed by atoms with Crippen LogP contribution in [0.4, 0.5) is 8.78 Å². The number of alkyl halides is 2. The molecule has 0 aliphatic rings. The molecule has 0 saturated carbocycles. The zero-order valence-electron chi connectivity index (χ0n) is 17.2. The Morgan fingerprint density at radius 3 is 2.62 bits per heavy atom. The molecule has 4 aromatic rings. The fraction of sp³-hybridized carbons (Fsp3) is 0.167. The predicted molar refractivity (Wildman–Crippen MR) is 121 cm³/mol. The van der Waals surface area contributed by atoms with Gasteiger partial charge in [0.1, 0.15) is 5.01 Å². The molecule has 0 spiro atoms. The van der Waals surface area contributed by atoms with Crippen molar-refractivity contribution in [2.24, 2.45) is 0 Å². The molecule has 1 amide bonds. The molecule has 0 aliphatic heterocycles. The fourth-order valence-corrected chi connectivity index (χ4v) is 4.34. The second-order valence-electron chi connectivity index (χ2n) is 6.90. The number of carbonyl (C=O) groups excluding carboxylic acids is 1. The maximum absolute atomic E-state index is 12.9. The minimum Gasteiger partial charge on any atom is -0.493 e. The van der Waals surface area contributed by atoms with E-state index in [1.54, 1.807) is 29.5 Å². The van der Waals surface area contributed by atoms with E-state index in [0.717, 1.165) is 26.4 Å². The first kappa shape index (κ1) is 21.7. The molecule has 0 atom stereocenters. The van der Waals surface area contributed by atoms with Crippen molar-refractivity contribution >= 4 is 27.5 Å². The van der Waals surface area contributed by atoms with Crippen LogP contribution in [-0.2, 0) is 6.42 Å². The van der Waals surface area contributed by atoms with Crippen LogP contribution in [0.5, 0.6) is 11.5 Å². The van der Waals surface area contributed by atoms with Crippen molar-refractivity contribution in [3.63, 3.8) is 0 Å². The molecule has 164 valence electrons. The highest BCUT2D eigenvalue weighted by Crippen LogP contribution is 2.32. The molecule has 0 fully saturated rings. The van der Waals surface area contributed by atoms with E-state index in [9.17, 15) is 13.6 Å². The molecule has 3 aromatic carbocycles. The maximum Gasteiger partial charge on any atom is 0.387 e. The number of ether oxygens (including phenoxy) is 2. The first-order valence-corrected chi connectivity index (χ1v) is 10.7. The molecular weight excluding hydrogens is 434 g/mol. The van der Waals surface area contributed by atoms with Gasteiger partial charge < -0.3 is 14.8 Å². The molecular formula is C24H20F2N2O3S. The van der Waals surface area contributed by atoms with Gasteiger partial charge in [-0.1, -0.05) is 36.4 Å². The van der Waals surface area contributed by atoms with Crippen molar-refractivity contribution in [1.82, 2.24) is 10.3 Å². The summed E-state index contributed by atoms with van der Waals surface area (Å²) in [6.07, 6.45) is 0.500. The van der Waals surface area contributed by atoms with Crippen LogP contribution in [0.2, 0.25) is 0 Å².